The van der Waals surface area contributed by atoms with Crippen LogP contribution in [0.5, 0.6) is 0 Å². The Kier molecular flexibility index (Phi) is 4.24. The molecule has 0 bridgehead atoms. The maximum Gasteiger partial charge on any atom is 0.262 e. The van der Waals surface area contributed by atoms with Crippen LogP contribution < -0.4 is 10.9 Å². The Morgan fingerprint density at radius 3 is 3.03 bits per heavy atom. The van der Waals surface area contributed by atoms with Crippen LogP contribution in [0.25, 0.3) is 16.0 Å². The van der Waals surface area contributed by atoms with Gasteiger partial charge in [0.15, 0.2) is 5.82 Å². The van der Waals surface area contributed by atoms with Gasteiger partial charge < -0.3 is 5.32 Å². The maximum atomic E-state index is 12.9. The summed E-state index contributed by atoms with van der Waals surface area (Å²) in [5.74, 6) is 1.27. The lowest BCUT2D eigenvalue weighted by atomic mass is 10.2. The van der Waals surface area contributed by atoms with Gasteiger partial charge in [0.25, 0.3) is 11.5 Å². The van der Waals surface area contributed by atoms with Crippen LogP contribution in [-0.2, 0) is 19.5 Å². The van der Waals surface area contributed by atoms with E-state index in [1.807, 2.05) is 31.3 Å². The van der Waals surface area contributed by atoms with Gasteiger partial charge in [0, 0.05) is 43.7 Å². The summed E-state index contributed by atoms with van der Waals surface area (Å²) in [7, 11) is 0. The molecule has 0 spiro atoms. The van der Waals surface area contributed by atoms with Crippen LogP contribution in [0.4, 0.5) is 0 Å². The molecule has 1 amide bonds. The summed E-state index contributed by atoms with van der Waals surface area (Å²) >= 11 is 1.28. The molecule has 0 saturated heterocycles. The Hall–Kier alpha value is -3.33. The minimum Gasteiger partial charge on any atom is -0.347 e. The Morgan fingerprint density at radius 2 is 2.21 bits per heavy atom. The van der Waals surface area contributed by atoms with Crippen LogP contribution in [0.2, 0.25) is 0 Å². The number of amides is 1. The molecule has 0 radical (unpaired) electrons. The molecule has 8 nitrogen and oxygen atoms in total. The molecule has 0 aromatic carbocycles. The van der Waals surface area contributed by atoms with Crippen molar-refractivity contribution in [3.63, 3.8) is 0 Å². The number of aromatic nitrogens is 5. The largest absolute Gasteiger partial charge is 0.347 e. The number of pyridine rings is 1. The minimum absolute atomic E-state index is 0.0384. The highest BCUT2D eigenvalue weighted by Gasteiger charge is 2.23. The lowest BCUT2D eigenvalue weighted by molar-refractivity contribution is 0.0954. The maximum absolute atomic E-state index is 12.9. The number of hydrogen-bond donors (Lipinski definition) is 1. The molecule has 29 heavy (non-hydrogen) atoms. The third kappa shape index (κ3) is 2.94. The van der Waals surface area contributed by atoms with E-state index in [2.05, 4.69) is 20.4 Å². The molecule has 0 saturated carbocycles. The predicted octanol–water partition coefficient (Wildman–Crippen LogP) is 2.22. The van der Waals surface area contributed by atoms with E-state index in [0.29, 0.717) is 39.6 Å². The van der Waals surface area contributed by atoms with Crippen LogP contribution in [0.3, 0.4) is 0 Å². The molecule has 146 valence electrons. The highest BCUT2D eigenvalue weighted by molar-refractivity contribution is 7.20. The standard InChI is InChI=1S/C20H18N6O2S/c1-12-15-19(24-14-6-3-9-25(14)20(15)28)29-16(12)18(27)22-11-13-5-2-7-21-17(13)26-10-4-8-23-26/h2,4-5,7-8,10H,3,6,9,11H2,1H3,(H,22,27). The second-order valence-corrected chi connectivity index (χ2v) is 7.94. The van der Waals surface area contributed by atoms with Gasteiger partial charge in [-0.15, -0.1) is 11.3 Å². The zero-order valence-corrected chi connectivity index (χ0v) is 16.6. The second kappa shape index (κ2) is 6.93. The van der Waals surface area contributed by atoms with Crippen molar-refractivity contribution in [1.29, 1.82) is 0 Å². The molecule has 1 aliphatic rings. The summed E-state index contributed by atoms with van der Waals surface area (Å²) in [6.45, 7) is 2.82. The van der Waals surface area contributed by atoms with E-state index in [0.717, 1.165) is 24.2 Å². The number of thiophene rings is 1. The van der Waals surface area contributed by atoms with Gasteiger partial charge in [-0.05, 0) is 31.0 Å². The summed E-state index contributed by atoms with van der Waals surface area (Å²) in [5.41, 5.74) is 1.50. The van der Waals surface area contributed by atoms with Crippen LogP contribution in [-0.4, -0.2) is 30.2 Å². The zero-order chi connectivity index (χ0) is 20.0. The number of nitrogens with zero attached hydrogens (tertiary/aromatic N) is 5. The number of aryl methyl sites for hydroxylation is 2. The number of hydrogen-bond acceptors (Lipinski definition) is 6. The highest BCUT2D eigenvalue weighted by Crippen LogP contribution is 2.28. The first-order valence-electron chi connectivity index (χ1n) is 9.38. The van der Waals surface area contributed by atoms with Crippen molar-refractivity contribution in [2.24, 2.45) is 0 Å². The van der Waals surface area contributed by atoms with Crippen LogP contribution >= 0.6 is 11.3 Å². The molecule has 1 N–H and O–H groups in total. The van der Waals surface area contributed by atoms with E-state index in [1.165, 1.54) is 11.3 Å². The lowest BCUT2D eigenvalue weighted by Crippen LogP contribution is -2.24. The van der Waals surface area contributed by atoms with Crippen LogP contribution in [0, 0.1) is 6.92 Å². The number of fused-ring (bicyclic) bond motifs is 2. The van der Waals surface area contributed by atoms with E-state index >= 15 is 0 Å². The van der Waals surface area contributed by atoms with E-state index < -0.39 is 0 Å². The average molecular weight is 406 g/mol. The van der Waals surface area contributed by atoms with Gasteiger partial charge in [-0.25, -0.2) is 14.6 Å². The lowest BCUT2D eigenvalue weighted by Gasteiger charge is -2.09. The second-order valence-electron chi connectivity index (χ2n) is 6.94. The van der Waals surface area contributed by atoms with Gasteiger partial charge in [0.05, 0.1) is 10.3 Å². The zero-order valence-electron chi connectivity index (χ0n) is 15.8. The Balaban J connectivity index is 1.44. The van der Waals surface area contributed by atoms with Crippen molar-refractivity contribution in [3.05, 3.63) is 69.0 Å². The van der Waals surface area contributed by atoms with Crippen molar-refractivity contribution < 1.29 is 4.79 Å². The van der Waals surface area contributed by atoms with Crippen molar-refractivity contribution in [2.45, 2.75) is 32.9 Å². The van der Waals surface area contributed by atoms with Crippen molar-refractivity contribution >= 4 is 27.5 Å². The van der Waals surface area contributed by atoms with Gasteiger partial charge in [-0.2, -0.15) is 5.10 Å². The normalized spacial score (nSPS) is 13.0. The monoisotopic (exact) mass is 406 g/mol. The molecule has 4 aromatic rings. The number of nitrogens with one attached hydrogen (secondary N) is 1. The Morgan fingerprint density at radius 1 is 1.31 bits per heavy atom. The fraction of sp³-hybridized carbons (Fsp3) is 0.250. The smallest absolute Gasteiger partial charge is 0.262 e. The molecule has 5 heterocycles. The summed E-state index contributed by atoms with van der Waals surface area (Å²) in [6, 6.07) is 5.55. The molecule has 9 heteroatoms. The summed E-state index contributed by atoms with van der Waals surface area (Å²) in [6.07, 6.45) is 6.93. The first-order chi connectivity index (χ1) is 14.1. The molecule has 1 aliphatic heterocycles. The van der Waals surface area contributed by atoms with Gasteiger partial charge in [0.1, 0.15) is 10.7 Å². The predicted molar refractivity (Wildman–Crippen MR) is 109 cm³/mol. The fourth-order valence-electron chi connectivity index (χ4n) is 3.72. The van der Waals surface area contributed by atoms with Gasteiger partial charge >= 0.3 is 0 Å². The van der Waals surface area contributed by atoms with Gasteiger partial charge in [-0.3, -0.25) is 14.2 Å². The molecule has 0 atom stereocenters. The number of carbonyl (C=O) groups excluding carboxylic acids is 1. The summed E-state index contributed by atoms with van der Waals surface area (Å²) < 4.78 is 3.40. The number of rotatable bonds is 4. The first-order valence-corrected chi connectivity index (χ1v) is 10.2. The van der Waals surface area contributed by atoms with E-state index in [1.54, 1.807) is 21.6 Å². The Labute approximate surface area is 169 Å². The summed E-state index contributed by atoms with van der Waals surface area (Å²) in [4.78, 5) is 35.9. The Bertz CT molecular complexity index is 1290. The SMILES string of the molecule is Cc1c(C(=O)NCc2cccnc2-n2cccn2)sc2nc3n(c(=O)c12)CCC3. The van der Waals surface area contributed by atoms with Crippen molar-refractivity contribution in [1.82, 2.24) is 29.6 Å². The first kappa shape index (κ1) is 17.7. The van der Waals surface area contributed by atoms with E-state index in [4.69, 9.17) is 0 Å². The fourth-order valence-corrected chi connectivity index (χ4v) is 4.82. The molecule has 0 unspecified atom stereocenters. The number of carbonyl (C=O) groups is 1. The third-order valence-electron chi connectivity index (χ3n) is 5.15. The average Bonchev–Trinajstić information content (AvgIpc) is 3.47. The molecule has 4 aromatic heterocycles. The molecular formula is C20H18N6O2S. The highest BCUT2D eigenvalue weighted by atomic mass is 32.1. The molecular weight excluding hydrogens is 388 g/mol. The minimum atomic E-state index is -0.217. The van der Waals surface area contributed by atoms with Crippen LogP contribution in [0.15, 0.2) is 41.6 Å². The van der Waals surface area contributed by atoms with E-state index in [-0.39, 0.29) is 11.5 Å². The van der Waals surface area contributed by atoms with E-state index in [9.17, 15) is 9.59 Å². The van der Waals surface area contributed by atoms with Gasteiger partial charge in [-0.1, -0.05) is 6.07 Å². The van der Waals surface area contributed by atoms with Gasteiger partial charge in [0.2, 0.25) is 0 Å². The molecule has 5 rings (SSSR count). The van der Waals surface area contributed by atoms with Crippen molar-refractivity contribution in [2.75, 3.05) is 0 Å². The third-order valence-corrected chi connectivity index (χ3v) is 6.33. The summed E-state index contributed by atoms with van der Waals surface area (Å²) in [5, 5.41) is 7.72. The molecule has 0 fully saturated rings. The molecule has 0 aliphatic carbocycles. The quantitative estimate of drug-likeness (QED) is 0.561. The van der Waals surface area contributed by atoms with Crippen molar-refractivity contribution in [3.8, 4) is 5.82 Å². The topological polar surface area (TPSA) is 94.7 Å². The van der Waals surface area contributed by atoms with Crippen LogP contribution in [0.1, 0.15) is 33.0 Å².